The van der Waals surface area contributed by atoms with Gasteiger partial charge >= 0.3 is 0 Å². The molecule has 2 heterocycles. The lowest BCUT2D eigenvalue weighted by Gasteiger charge is -2.08. The van der Waals surface area contributed by atoms with Crippen molar-refractivity contribution in [2.24, 2.45) is 0 Å². The monoisotopic (exact) mass is 192 g/mol. The van der Waals surface area contributed by atoms with Gasteiger partial charge in [0.2, 0.25) is 5.95 Å². The summed E-state index contributed by atoms with van der Waals surface area (Å²) < 4.78 is 7.12. The minimum atomic E-state index is 0.151. The molecule has 2 aromatic heterocycles. The zero-order chi connectivity index (χ0) is 10.1. The van der Waals surface area contributed by atoms with Gasteiger partial charge < -0.3 is 10.5 Å². The molecule has 0 saturated heterocycles. The topological polar surface area (TPSA) is 65.4 Å². The molecule has 5 heteroatoms. The minimum Gasteiger partial charge on any atom is -0.491 e. The van der Waals surface area contributed by atoms with E-state index in [4.69, 9.17) is 10.5 Å². The van der Waals surface area contributed by atoms with Gasteiger partial charge in [-0.1, -0.05) is 0 Å². The number of hydrogen-bond acceptors (Lipinski definition) is 4. The van der Waals surface area contributed by atoms with Crippen LogP contribution < -0.4 is 10.5 Å². The van der Waals surface area contributed by atoms with Crippen molar-refractivity contribution >= 4 is 11.6 Å². The van der Waals surface area contributed by atoms with Gasteiger partial charge in [-0.15, -0.1) is 5.10 Å². The molecule has 2 aromatic rings. The van der Waals surface area contributed by atoms with Crippen LogP contribution in [0.15, 0.2) is 18.3 Å². The molecule has 0 spiro atoms. The molecule has 0 radical (unpaired) electrons. The number of nitrogens with two attached hydrogens (primary N) is 1. The zero-order valence-corrected chi connectivity index (χ0v) is 8.14. The third kappa shape index (κ3) is 1.61. The highest BCUT2D eigenvalue weighted by Gasteiger charge is 2.02. The maximum Gasteiger partial charge on any atom is 0.240 e. The molecule has 0 fully saturated rings. The third-order valence-electron chi connectivity index (χ3n) is 1.70. The van der Waals surface area contributed by atoms with Crippen molar-refractivity contribution in [2.75, 3.05) is 5.73 Å². The number of nitrogen functional groups attached to an aromatic ring is 1. The first kappa shape index (κ1) is 8.80. The van der Waals surface area contributed by atoms with Crippen molar-refractivity contribution in [3.05, 3.63) is 18.3 Å². The molecule has 74 valence electrons. The number of ether oxygens (including phenoxy) is 1. The van der Waals surface area contributed by atoms with Crippen molar-refractivity contribution in [1.82, 2.24) is 14.6 Å². The summed E-state index contributed by atoms with van der Waals surface area (Å²) in [5, 5.41) is 3.96. The largest absolute Gasteiger partial charge is 0.491 e. The Hall–Kier alpha value is -1.78. The Morgan fingerprint density at radius 2 is 2.29 bits per heavy atom. The smallest absolute Gasteiger partial charge is 0.240 e. The van der Waals surface area contributed by atoms with E-state index in [-0.39, 0.29) is 12.1 Å². The van der Waals surface area contributed by atoms with E-state index in [2.05, 4.69) is 10.1 Å². The van der Waals surface area contributed by atoms with Crippen LogP contribution in [0.5, 0.6) is 5.75 Å². The quantitative estimate of drug-likeness (QED) is 0.773. The Morgan fingerprint density at radius 1 is 1.50 bits per heavy atom. The highest BCUT2D eigenvalue weighted by Crippen LogP contribution is 2.14. The lowest BCUT2D eigenvalue weighted by atomic mass is 10.4. The van der Waals surface area contributed by atoms with Crippen LogP contribution in [-0.4, -0.2) is 20.7 Å². The maximum absolute atomic E-state index is 5.51. The number of aromatic nitrogens is 3. The van der Waals surface area contributed by atoms with Gasteiger partial charge in [0, 0.05) is 12.3 Å². The summed E-state index contributed by atoms with van der Waals surface area (Å²) in [6, 6.07) is 3.64. The molecule has 0 aliphatic rings. The second kappa shape index (κ2) is 3.17. The Labute approximate surface area is 81.5 Å². The summed E-state index contributed by atoms with van der Waals surface area (Å²) in [6.45, 7) is 3.95. The summed E-state index contributed by atoms with van der Waals surface area (Å²) in [5.74, 6) is 1.05. The van der Waals surface area contributed by atoms with E-state index in [0.29, 0.717) is 5.65 Å². The lowest BCUT2D eigenvalue weighted by molar-refractivity contribution is 0.242. The van der Waals surface area contributed by atoms with Gasteiger partial charge in [0.25, 0.3) is 0 Å². The number of fused-ring (bicyclic) bond motifs is 1. The van der Waals surface area contributed by atoms with Gasteiger partial charge in [0.05, 0.1) is 6.10 Å². The number of hydrogen-bond donors (Lipinski definition) is 1. The second-order valence-electron chi connectivity index (χ2n) is 3.30. The Balaban J connectivity index is 2.40. The first-order chi connectivity index (χ1) is 6.65. The number of rotatable bonds is 2. The highest BCUT2D eigenvalue weighted by atomic mass is 16.5. The predicted octanol–water partition coefficient (Wildman–Crippen LogP) is 1.10. The molecular weight excluding hydrogens is 180 g/mol. The van der Waals surface area contributed by atoms with E-state index in [1.165, 1.54) is 0 Å². The van der Waals surface area contributed by atoms with Crippen LogP contribution in [-0.2, 0) is 0 Å². The predicted molar refractivity (Wildman–Crippen MR) is 53.2 cm³/mol. The molecule has 0 amide bonds. The van der Waals surface area contributed by atoms with Crippen LogP contribution in [0.25, 0.3) is 5.65 Å². The molecule has 0 saturated carbocycles. The van der Waals surface area contributed by atoms with Crippen LogP contribution in [0.4, 0.5) is 5.95 Å². The first-order valence-corrected chi connectivity index (χ1v) is 4.44. The standard InChI is InChI=1S/C9H12N4O/c1-6(2)14-7-3-4-13-8(5-7)11-9(10)12-13/h3-6H,1-2H3,(H2,10,12). The first-order valence-electron chi connectivity index (χ1n) is 4.44. The fourth-order valence-electron chi connectivity index (χ4n) is 1.23. The molecule has 5 nitrogen and oxygen atoms in total. The number of pyridine rings is 1. The highest BCUT2D eigenvalue weighted by molar-refractivity contribution is 5.46. The lowest BCUT2D eigenvalue weighted by Crippen LogP contribution is -2.05. The summed E-state index contributed by atoms with van der Waals surface area (Å²) in [7, 11) is 0. The summed E-state index contributed by atoms with van der Waals surface area (Å²) in [6.07, 6.45) is 1.92. The molecule has 2 rings (SSSR count). The van der Waals surface area contributed by atoms with Crippen LogP contribution in [0, 0.1) is 0 Å². The average molecular weight is 192 g/mol. The zero-order valence-electron chi connectivity index (χ0n) is 8.14. The van der Waals surface area contributed by atoms with Crippen LogP contribution in [0.1, 0.15) is 13.8 Å². The van der Waals surface area contributed by atoms with Crippen molar-refractivity contribution in [1.29, 1.82) is 0 Å². The van der Waals surface area contributed by atoms with E-state index in [0.717, 1.165) is 5.75 Å². The number of anilines is 1. The van der Waals surface area contributed by atoms with Gasteiger partial charge in [-0.3, -0.25) is 0 Å². The Bertz CT molecular complexity index is 449. The Morgan fingerprint density at radius 3 is 3.00 bits per heavy atom. The fraction of sp³-hybridized carbons (Fsp3) is 0.333. The minimum absolute atomic E-state index is 0.151. The van der Waals surface area contributed by atoms with Gasteiger partial charge in [0.1, 0.15) is 5.75 Å². The molecule has 0 aromatic carbocycles. The van der Waals surface area contributed by atoms with E-state index < -0.39 is 0 Å². The van der Waals surface area contributed by atoms with Crippen molar-refractivity contribution in [3.8, 4) is 5.75 Å². The summed E-state index contributed by atoms with van der Waals surface area (Å²) in [4.78, 5) is 4.03. The molecule has 2 N–H and O–H groups in total. The molecule has 0 aliphatic carbocycles. The van der Waals surface area contributed by atoms with Crippen LogP contribution in [0.2, 0.25) is 0 Å². The van der Waals surface area contributed by atoms with E-state index >= 15 is 0 Å². The van der Waals surface area contributed by atoms with E-state index in [1.54, 1.807) is 10.7 Å². The van der Waals surface area contributed by atoms with E-state index in [9.17, 15) is 0 Å². The molecule has 14 heavy (non-hydrogen) atoms. The van der Waals surface area contributed by atoms with Crippen LogP contribution in [0.3, 0.4) is 0 Å². The van der Waals surface area contributed by atoms with E-state index in [1.807, 2.05) is 26.0 Å². The normalized spacial score (nSPS) is 11.1. The van der Waals surface area contributed by atoms with Gasteiger partial charge in [0.15, 0.2) is 5.65 Å². The fourth-order valence-corrected chi connectivity index (χ4v) is 1.23. The third-order valence-corrected chi connectivity index (χ3v) is 1.70. The van der Waals surface area contributed by atoms with Crippen molar-refractivity contribution in [3.63, 3.8) is 0 Å². The molecule has 0 bridgehead atoms. The molecule has 0 unspecified atom stereocenters. The number of nitrogens with zero attached hydrogens (tertiary/aromatic N) is 3. The molecule has 0 aliphatic heterocycles. The SMILES string of the molecule is CC(C)Oc1ccn2nc(N)nc2c1. The molecular formula is C9H12N4O. The molecule has 0 atom stereocenters. The van der Waals surface area contributed by atoms with Crippen molar-refractivity contribution in [2.45, 2.75) is 20.0 Å². The van der Waals surface area contributed by atoms with Crippen molar-refractivity contribution < 1.29 is 4.74 Å². The van der Waals surface area contributed by atoms with Gasteiger partial charge in [-0.2, -0.15) is 4.98 Å². The maximum atomic E-state index is 5.51. The summed E-state index contributed by atoms with van der Waals surface area (Å²) in [5.41, 5.74) is 6.15. The van der Waals surface area contributed by atoms with Crippen LogP contribution >= 0.6 is 0 Å². The summed E-state index contributed by atoms with van der Waals surface area (Å²) >= 11 is 0. The second-order valence-corrected chi connectivity index (χ2v) is 3.30. The Kier molecular flexibility index (Phi) is 1.99. The van der Waals surface area contributed by atoms with Gasteiger partial charge in [-0.25, -0.2) is 4.52 Å². The average Bonchev–Trinajstić information content (AvgIpc) is 2.42. The van der Waals surface area contributed by atoms with Gasteiger partial charge in [-0.05, 0) is 19.9 Å².